The van der Waals surface area contributed by atoms with Crippen molar-refractivity contribution in [3.05, 3.63) is 75.5 Å². The van der Waals surface area contributed by atoms with E-state index in [4.69, 9.17) is 16.3 Å². The number of pyridine rings is 1. The number of aromatic nitrogens is 2. The number of amides is 1. The summed E-state index contributed by atoms with van der Waals surface area (Å²) in [5, 5.41) is 6.23. The van der Waals surface area contributed by atoms with Gasteiger partial charge in [0.1, 0.15) is 17.4 Å². The normalized spacial score (nSPS) is 10.4. The number of carbonyl (C=O) groups is 1. The number of halogens is 1. The van der Waals surface area contributed by atoms with Crippen LogP contribution in [0.15, 0.2) is 54.2 Å². The van der Waals surface area contributed by atoms with Crippen molar-refractivity contribution >= 4 is 28.8 Å². The zero-order valence-electron chi connectivity index (χ0n) is 13.3. The van der Waals surface area contributed by atoms with Crippen LogP contribution in [0.25, 0.3) is 0 Å². The highest BCUT2D eigenvalue weighted by atomic mass is 35.5. The molecular formula is C18H16ClN3O2S. The molecule has 0 atom stereocenters. The van der Waals surface area contributed by atoms with Crippen molar-refractivity contribution in [1.29, 1.82) is 0 Å². The Labute approximate surface area is 154 Å². The monoisotopic (exact) mass is 373 g/mol. The minimum absolute atomic E-state index is 0.0701. The van der Waals surface area contributed by atoms with E-state index in [2.05, 4.69) is 15.3 Å². The molecule has 0 aliphatic carbocycles. The summed E-state index contributed by atoms with van der Waals surface area (Å²) in [4.78, 5) is 20.4. The molecule has 0 aliphatic heterocycles. The molecule has 0 saturated carbocycles. The molecule has 0 radical (unpaired) electrons. The molecular weight excluding hydrogens is 358 g/mol. The first kappa shape index (κ1) is 17.4. The average molecular weight is 374 g/mol. The van der Waals surface area contributed by atoms with E-state index in [-0.39, 0.29) is 12.3 Å². The summed E-state index contributed by atoms with van der Waals surface area (Å²) in [6.45, 7) is 0.826. The Morgan fingerprint density at radius 3 is 2.84 bits per heavy atom. The van der Waals surface area contributed by atoms with E-state index in [0.717, 1.165) is 22.0 Å². The van der Waals surface area contributed by atoms with Crippen LogP contribution in [0.1, 0.15) is 16.3 Å². The van der Waals surface area contributed by atoms with Crippen molar-refractivity contribution in [2.45, 2.75) is 19.6 Å². The second-order valence-corrected chi connectivity index (χ2v) is 6.67. The van der Waals surface area contributed by atoms with Gasteiger partial charge in [0.25, 0.3) is 0 Å². The Balaban J connectivity index is 1.46. The third-order valence-corrected chi connectivity index (χ3v) is 4.45. The molecule has 0 unspecified atom stereocenters. The highest BCUT2D eigenvalue weighted by Crippen LogP contribution is 2.18. The van der Waals surface area contributed by atoms with Crippen LogP contribution < -0.4 is 10.1 Å². The fraction of sp³-hybridized carbons (Fsp3) is 0.167. The molecule has 5 nitrogen and oxygen atoms in total. The van der Waals surface area contributed by atoms with Gasteiger partial charge in [0.2, 0.25) is 5.91 Å². The summed E-state index contributed by atoms with van der Waals surface area (Å²) < 4.78 is 5.65. The number of nitrogens with zero attached hydrogens (tertiary/aromatic N) is 2. The number of hydrogen-bond donors (Lipinski definition) is 1. The Morgan fingerprint density at radius 2 is 2.08 bits per heavy atom. The first-order chi connectivity index (χ1) is 12.2. The average Bonchev–Trinajstić information content (AvgIpc) is 3.08. The Kier molecular flexibility index (Phi) is 5.98. The van der Waals surface area contributed by atoms with E-state index in [1.807, 2.05) is 29.6 Å². The topological polar surface area (TPSA) is 64.1 Å². The highest BCUT2D eigenvalue weighted by Gasteiger charge is 2.08. The SMILES string of the molecule is O=C(Cc1csc(COc2ccc(Cl)cc2)n1)NCc1cccnc1. The number of rotatable bonds is 7. The van der Waals surface area contributed by atoms with E-state index in [1.54, 1.807) is 24.5 Å². The summed E-state index contributed by atoms with van der Waals surface area (Å²) in [7, 11) is 0. The molecule has 0 bridgehead atoms. The maximum atomic E-state index is 12.0. The van der Waals surface area contributed by atoms with Crippen molar-refractivity contribution in [2.75, 3.05) is 0 Å². The molecule has 0 fully saturated rings. The number of carbonyl (C=O) groups excluding carboxylic acids is 1. The smallest absolute Gasteiger partial charge is 0.226 e. The fourth-order valence-corrected chi connectivity index (χ4v) is 2.93. The minimum Gasteiger partial charge on any atom is -0.486 e. The van der Waals surface area contributed by atoms with Crippen molar-refractivity contribution in [1.82, 2.24) is 15.3 Å². The van der Waals surface area contributed by atoms with Gasteiger partial charge in [0.15, 0.2) is 0 Å². The lowest BCUT2D eigenvalue weighted by Crippen LogP contribution is -2.24. The summed E-state index contributed by atoms with van der Waals surface area (Å²) in [5.74, 6) is 0.662. The van der Waals surface area contributed by atoms with Crippen LogP contribution in [-0.4, -0.2) is 15.9 Å². The van der Waals surface area contributed by atoms with Crippen LogP contribution in [0.2, 0.25) is 5.02 Å². The second kappa shape index (κ2) is 8.60. The van der Waals surface area contributed by atoms with Gasteiger partial charge >= 0.3 is 0 Å². The largest absolute Gasteiger partial charge is 0.486 e. The van der Waals surface area contributed by atoms with E-state index >= 15 is 0 Å². The van der Waals surface area contributed by atoms with Crippen LogP contribution in [-0.2, 0) is 24.4 Å². The number of hydrogen-bond acceptors (Lipinski definition) is 5. The van der Waals surface area contributed by atoms with Crippen LogP contribution in [0, 0.1) is 0 Å². The molecule has 1 amide bonds. The first-order valence-corrected chi connectivity index (χ1v) is 8.92. The van der Waals surface area contributed by atoms with Crippen LogP contribution in [0.4, 0.5) is 0 Å². The van der Waals surface area contributed by atoms with Gasteiger partial charge in [-0.15, -0.1) is 11.3 Å². The number of nitrogens with one attached hydrogen (secondary N) is 1. The van der Waals surface area contributed by atoms with Gasteiger partial charge in [-0.1, -0.05) is 17.7 Å². The summed E-state index contributed by atoms with van der Waals surface area (Å²) >= 11 is 7.31. The Hall–Kier alpha value is -2.44. The van der Waals surface area contributed by atoms with Crippen molar-refractivity contribution in [2.24, 2.45) is 0 Å². The van der Waals surface area contributed by atoms with Gasteiger partial charge in [-0.2, -0.15) is 0 Å². The van der Waals surface area contributed by atoms with Crippen molar-refractivity contribution in [3.8, 4) is 5.75 Å². The van der Waals surface area contributed by atoms with Gasteiger partial charge in [0.05, 0.1) is 12.1 Å². The van der Waals surface area contributed by atoms with Crippen LogP contribution >= 0.6 is 22.9 Å². The molecule has 0 aliphatic rings. The van der Waals surface area contributed by atoms with Crippen LogP contribution in [0.5, 0.6) is 5.75 Å². The molecule has 25 heavy (non-hydrogen) atoms. The summed E-state index contributed by atoms with van der Waals surface area (Å²) in [6.07, 6.45) is 3.68. The summed E-state index contributed by atoms with van der Waals surface area (Å²) in [5.41, 5.74) is 1.70. The van der Waals surface area contributed by atoms with Gasteiger partial charge in [-0.05, 0) is 35.9 Å². The molecule has 3 aromatic rings. The molecule has 1 N–H and O–H groups in total. The maximum Gasteiger partial charge on any atom is 0.226 e. The molecule has 2 heterocycles. The van der Waals surface area contributed by atoms with Gasteiger partial charge < -0.3 is 10.1 Å². The molecule has 2 aromatic heterocycles. The lowest BCUT2D eigenvalue weighted by Gasteiger charge is -2.04. The molecule has 0 saturated heterocycles. The standard InChI is InChI=1S/C18H16ClN3O2S/c19-14-3-5-16(6-4-14)24-11-18-22-15(12-25-18)8-17(23)21-10-13-2-1-7-20-9-13/h1-7,9,12H,8,10-11H2,(H,21,23). The van der Waals surface area contributed by atoms with E-state index in [1.165, 1.54) is 11.3 Å². The zero-order chi connectivity index (χ0) is 17.5. The first-order valence-electron chi connectivity index (χ1n) is 7.66. The maximum absolute atomic E-state index is 12.0. The number of ether oxygens (including phenoxy) is 1. The third-order valence-electron chi connectivity index (χ3n) is 3.33. The lowest BCUT2D eigenvalue weighted by molar-refractivity contribution is -0.120. The lowest BCUT2D eigenvalue weighted by atomic mass is 10.2. The second-order valence-electron chi connectivity index (χ2n) is 5.29. The van der Waals surface area contributed by atoms with Crippen molar-refractivity contribution < 1.29 is 9.53 Å². The third kappa shape index (κ3) is 5.55. The molecule has 0 spiro atoms. The fourth-order valence-electron chi connectivity index (χ4n) is 2.10. The predicted molar refractivity (Wildman–Crippen MR) is 97.7 cm³/mol. The van der Waals surface area contributed by atoms with E-state index in [9.17, 15) is 4.79 Å². The highest BCUT2D eigenvalue weighted by molar-refractivity contribution is 7.09. The van der Waals surface area contributed by atoms with Crippen molar-refractivity contribution in [3.63, 3.8) is 0 Å². The van der Waals surface area contributed by atoms with Gasteiger partial charge in [0, 0.05) is 29.3 Å². The molecule has 128 valence electrons. The van der Waals surface area contributed by atoms with Crippen LogP contribution in [0.3, 0.4) is 0 Å². The predicted octanol–water partition coefficient (Wildman–Crippen LogP) is 3.63. The molecule has 7 heteroatoms. The molecule has 3 rings (SSSR count). The van der Waals surface area contributed by atoms with E-state index < -0.39 is 0 Å². The quantitative estimate of drug-likeness (QED) is 0.686. The Morgan fingerprint density at radius 1 is 1.24 bits per heavy atom. The summed E-state index contributed by atoms with van der Waals surface area (Å²) in [6, 6.07) is 10.9. The van der Waals surface area contributed by atoms with Gasteiger partial charge in [-0.3, -0.25) is 9.78 Å². The molecule has 1 aromatic carbocycles. The van der Waals surface area contributed by atoms with E-state index in [0.29, 0.717) is 18.2 Å². The zero-order valence-corrected chi connectivity index (χ0v) is 14.9. The number of thiazole rings is 1. The number of benzene rings is 1. The Bertz CT molecular complexity index is 822. The van der Waals surface area contributed by atoms with Gasteiger partial charge in [-0.25, -0.2) is 4.98 Å². The minimum atomic E-state index is -0.0701.